The number of fused-ring (bicyclic) bond motifs is 2. The summed E-state index contributed by atoms with van der Waals surface area (Å²) in [4.78, 5) is 24.9. The van der Waals surface area contributed by atoms with E-state index in [1.54, 1.807) is 19.6 Å². The Hall–Kier alpha value is -3.52. The smallest absolute Gasteiger partial charge is 0.326 e. The van der Waals surface area contributed by atoms with Crippen LogP contribution in [0.5, 0.6) is 0 Å². The molecule has 162 valence electrons. The van der Waals surface area contributed by atoms with Gasteiger partial charge in [0.15, 0.2) is 0 Å². The van der Waals surface area contributed by atoms with Crippen LogP contribution < -0.4 is 16.0 Å². The average molecular weight is 422 g/mol. The van der Waals surface area contributed by atoms with Crippen molar-refractivity contribution in [1.29, 1.82) is 0 Å². The second kappa shape index (κ2) is 8.69. The summed E-state index contributed by atoms with van der Waals surface area (Å²) < 4.78 is 7.14. The van der Waals surface area contributed by atoms with Gasteiger partial charge in [-0.1, -0.05) is 18.2 Å². The van der Waals surface area contributed by atoms with Crippen molar-refractivity contribution in [1.82, 2.24) is 20.5 Å². The molecule has 1 amide bonds. The van der Waals surface area contributed by atoms with Crippen LogP contribution in [0.2, 0.25) is 0 Å². The average Bonchev–Trinajstić information content (AvgIpc) is 3.32. The first-order chi connectivity index (χ1) is 15.0. The number of carbonyl (C=O) groups excluding carboxylic acids is 1. The van der Waals surface area contributed by atoms with E-state index in [9.17, 15) is 14.7 Å². The molecule has 0 saturated carbocycles. The van der Waals surface area contributed by atoms with Gasteiger partial charge in [0.1, 0.15) is 12.3 Å². The molecule has 31 heavy (non-hydrogen) atoms. The number of hydrogen-bond donors (Lipinski definition) is 4. The highest BCUT2D eigenvalue weighted by Gasteiger charge is 2.30. The monoisotopic (exact) mass is 422 g/mol. The number of hydrogen-bond acceptors (Lipinski definition) is 5. The highest BCUT2D eigenvalue weighted by atomic mass is 16.5. The third kappa shape index (κ3) is 4.20. The Morgan fingerprint density at radius 3 is 2.84 bits per heavy atom. The van der Waals surface area contributed by atoms with Gasteiger partial charge in [0.25, 0.3) is 0 Å². The summed E-state index contributed by atoms with van der Waals surface area (Å²) in [7, 11) is 3.62. The van der Waals surface area contributed by atoms with E-state index in [-0.39, 0.29) is 18.2 Å². The standard InChI is InChI=1S/C23H26N4O4/c1-24-18(9-14-11-25-20-13-31-8-7-16(14)20)22(28)26-19(23(29)30)10-15-12-27(2)21-6-4-3-5-17(15)21/h3-8,11-13,16,18-19,24-25H,9-10H2,1-2H3,(H,26,28)(H,29,30)/t16?,18-,19-/m1/s1. The molecule has 8 heteroatoms. The van der Waals surface area contributed by atoms with E-state index in [2.05, 4.69) is 16.0 Å². The van der Waals surface area contributed by atoms with E-state index in [0.29, 0.717) is 6.42 Å². The van der Waals surface area contributed by atoms with Gasteiger partial charge < -0.3 is 30.4 Å². The Morgan fingerprint density at radius 2 is 2.06 bits per heavy atom. The number of nitrogens with zero attached hydrogens (tertiary/aromatic N) is 1. The predicted octanol–water partition coefficient (Wildman–Crippen LogP) is 1.76. The number of rotatable bonds is 8. The summed E-state index contributed by atoms with van der Waals surface area (Å²) in [5.74, 6) is -1.36. The van der Waals surface area contributed by atoms with Crippen molar-refractivity contribution >= 4 is 22.8 Å². The van der Waals surface area contributed by atoms with Crippen molar-refractivity contribution < 1.29 is 19.4 Å². The second-order valence-electron chi connectivity index (χ2n) is 7.81. The summed E-state index contributed by atoms with van der Waals surface area (Å²) in [6.45, 7) is 0. The minimum absolute atomic E-state index is 0.0448. The molecule has 2 aliphatic heterocycles. The molecule has 0 radical (unpaired) electrons. The summed E-state index contributed by atoms with van der Waals surface area (Å²) >= 11 is 0. The van der Waals surface area contributed by atoms with Crippen LogP contribution >= 0.6 is 0 Å². The van der Waals surface area contributed by atoms with E-state index < -0.39 is 18.1 Å². The first kappa shape index (κ1) is 20.7. The Morgan fingerprint density at radius 1 is 1.26 bits per heavy atom. The van der Waals surface area contributed by atoms with Crippen LogP contribution in [0.4, 0.5) is 0 Å². The van der Waals surface area contributed by atoms with E-state index in [4.69, 9.17) is 4.74 Å². The predicted molar refractivity (Wildman–Crippen MR) is 117 cm³/mol. The fourth-order valence-electron chi connectivity index (χ4n) is 4.15. The number of ether oxygens (including phenoxy) is 1. The summed E-state index contributed by atoms with van der Waals surface area (Å²) in [5.41, 5.74) is 3.86. The first-order valence-electron chi connectivity index (χ1n) is 10.2. The Kier molecular flexibility index (Phi) is 5.81. The van der Waals surface area contributed by atoms with Crippen molar-refractivity contribution in [3.8, 4) is 0 Å². The van der Waals surface area contributed by atoms with E-state index in [1.807, 2.05) is 54.4 Å². The lowest BCUT2D eigenvalue weighted by molar-refractivity contribution is -0.142. The maximum atomic E-state index is 12.9. The molecule has 3 heterocycles. The fourth-order valence-corrected chi connectivity index (χ4v) is 4.15. The second-order valence-corrected chi connectivity index (χ2v) is 7.81. The van der Waals surface area contributed by atoms with Gasteiger partial charge >= 0.3 is 5.97 Å². The summed E-state index contributed by atoms with van der Waals surface area (Å²) in [5, 5.41) is 19.6. The topological polar surface area (TPSA) is 105 Å². The van der Waals surface area contributed by atoms with Crippen LogP contribution in [0, 0.1) is 5.92 Å². The maximum Gasteiger partial charge on any atom is 0.326 e. The van der Waals surface area contributed by atoms with E-state index in [0.717, 1.165) is 27.7 Å². The van der Waals surface area contributed by atoms with Crippen molar-refractivity contribution in [2.75, 3.05) is 7.05 Å². The molecular weight excluding hydrogens is 396 g/mol. The molecule has 0 spiro atoms. The van der Waals surface area contributed by atoms with Gasteiger partial charge in [-0.15, -0.1) is 0 Å². The summed E-state index contributed by atoms with van der Waals surface area (Å²) in [6, 6.07) is 6.24. The van der Waals surface area contributed by atoms with Crippen molar-refractivity contribution in [2.24, 2.45) is 13.0 Å². The molecule has 1 aromatic carbocycles. The quantitative estimate of drug-likeness (QED) is 0.517. The number of aromatic nitrogens is 1. The normalized spacial score (nSPS) is 19.0. The maximum absolute atomic E-state index is 12.9. The summed E-state index contributed by atoms with van der Waals surface area (Å²) in [6.07, 6.45) is 9.63. The molecule has 3 atom stereocenters. The molecule has 4 N–H and O–H groups in total. The minimum atomic E-state index is -1.06. The first-order valence-corrected chi connectivity index (χ1v) is 10.2. The van der Waals surface area contributed by atoms with Gasteiger partial charge in [0.2, 0.25) is 5.91 Å². The number of nitrogens with one attached hydrogen (secondary N) is 3. The largest absolute Gasteiger partial charge is 0.480 e. The number of aliphatic carboxylic acids is 1. The molecule has 8 nitrogen and oxygen atoms in total. The number of carbonyl (C=O) groups is 2. The zero-order valence-corrected chi connectivity index (χ0v) is 17.5. The Bertz CT molecular complexity index is 1100. The molecular formula is C23H26N4O4. The van der Waals surface area contributed by atoms with Crippen molar-refractivity contribution in [3.63, 3.8) is 0 Å². The minimum Gasteiger partial charge on any atom is -0.480 e. The lowest BCUT2D eigenvalue weighted by Gasteiger charge is -2.22. The van der Waals surface area contributed by atoms with Crippen LogP contribution in [0.25, 0.3) is 10.9 Å². The highest BCUT2D eigenvalue weighted by Crippen LogP contribution is 2.31. The van der Waals surface area contributed by atoms with Crippen LogP contribution in [0.15, 0.2) is 66.5 Å². The highest BCUT2D eigenvalue weighted by molar-refractivity contribution is 5.89. The van der Waals surface area contributed by atoms with Crippen LogP contribution in [-0.2, 0) is 27.8 Å². The third-order valence-corrected chi connectivity index (χ3v) is 5.83. The molecule has 4 rings (SSSR count). The van der Waals surface area contributed by atoms with Crippen molar-refractivity contribution in [3.05, 3.63) is 72.1 Å². The molecule has 0 aliphatic carbocycles. The Balaban J connectivity index is 1.46. The number of benzene rings is 1. The number of likely N-dealkylation sites (N-methyl/N-ethyl adjacent to an activating group) is 1. The lowest BCUT2D eigenvalue weighted by atomic mass is 9.93. The number of carboxylic acid groups (broad SMARTS) is 1. The molecule has 2 aliphatic rings. The zero-order chi connectivity index (χ0) is 22.0. The number of amides is 1. The van der Waals surface area contributed by atoms with Gasteiger partial charge in [-0.3, -0.25) is 4.79 Å². The van der Waals surface area contributed by atoms with Gasteiger partial charge in [-0.2, -0.15) is 0 Å². The van der Waals surface area contributed by atoms with E-state index in [1.165, 1.54) is 0 Å². The lowest BCUT2D eigenvalue weighted by Crippen LogP contribution is -2.50. The van der Waals surface area contributed by atoms with Gasteiger partial charge in [0, 0.05) is 42.7 Å². The fraction of sp³-hybridized carbons (Fsp3) is 0.304. The Labute approximate surface area is 180 Å². The molecule has 1 unspecified atom stereocenters. The molecule has 0 saturated heterocycles. The molecule has 0 fully saturated rings. The van der Waals surface area contributed by atoms with Gasteiger partial charge in [-0.05, 0) is 36.7 Å². The van der Waals surface area contributed by atoms with Crippen LogP contribution in [0.1, 0.15) is 12.0 Å². The number of para-hydroxylation sites is 1. The van der Waals surface area contributed by atoms with Crippen LogP contribution in [-0.4, -0.2) is 40.7 Å². The molecule has 0 bridgehead atoms. The number of carboxylic acids is 1. The molecule has 2 aromatic rings. The number of aryl methyl sites for hydroxylation is 1. The zero-order valence-electron chi connectivity index (χ0n) is 17.5. The number of allylic oxidation sites excluding steroid dienone is 1. The third-order valence-electron chi connectivity index (χ3n) is 5.83. The SMILES string of the molecule is CN[C@H](CC1=CNC2=COC=CC12)C(=O)N[C@H](Cc1cn(C)c2ccccc12)C(=O)O. The van der Waals surface area contributed by atoms with Crippen molar-refractivity contribution in [2.45, 2.75) is 24.9 Å². The van der Waals surface area contributed by atoms with Gasteiger partial charge in [-0.25, -0.2) is 4.79 Å². The molecule has 1 aromatic heterocycles. The van der Waals surface area contributed by atoms with E-state index >= 15 is 0 Å². The van der Waals surface area contributed by atoms with Gasteiger partial charge in [0.05, 0.1) is 18.0 Å². The van der Waals surface area contributed by atoms with Crippen LogP contribution in [0.3, 0.4) is 0 Å².